The summed E-state index contributed by atoms with van der Waals surface area (Å²) in [6, 6.07) is 4.41. The minimum Gasteiger partial charge on any atom is -0.433 e. The van der Waals surface area contributed by atoms with Gasteiger partial charge in [-0.15, -0.1) is 0 Å². The number of hydrogen-bond acceptors (Lipinski definition) is 4. The molecule has 1 heterocycles. The van der Waals surface area contributed by atoms with Crippen molar-refractivity contribution < 1.29 is 9.13 Å². The first-order valence-electron chi connectivity index (χ1n) is 4.37. The van der Waals surface area contributed by atoms with Gasteiger partial charge >= 0.3 is 0 Å². The van der Waals surface area contributed by atoms with Crippen molar-refractivity contribution in [3.8, 4) is 11.6 Å². The van der Waals surface area contributed by atoms with Crippen LogP contribution in [0, 0.1) is 5.82 Å². The first-order chi connectivity index (χ1) is 7.68. The Hall–Kier alpha value is -1.88. The van der Waals surface area contributed by atoms with Gasteiger partial charge < -0.3 is 10.5 Å². The molecule has 0 bridgehead atoms. The lowest BCUT2D eigenvalue weighted by Crippen LogP contribution is -1.98. The van der Waals surface area contributed by atoms with Gasteiger partial charge in [0.2, 0.25) is 0 Å². The van der Waals surface area contributed by atoms with E-state index < -0.39 is 5.82 Å². The summed E-state index contributed by atoms with van der Waals surface area (Å²) in [5.74, 6) is -0.570. The van der Waals surface area contributed by atoms with Gasteiger partial charge in [0, 0.05) is 12.4 Å². The Morgan fingerprint density at radius 3 is 2.75 bits per heavy atom. The summed E-state index contributed by atoms with van der Waals surface area (Å²) in [5.41, 5.74) is 5.50. The smallest absolute Gasteiger partial charge is 0.262 e. The first-order valence-corrected chi connectivity index (χ1v) is 4.74. The van der Waals surface area contributed by atoms with Crippen molar-refractivity contribution in [2.45, 2.75) is 0 Å². The average molecular weight is 240 g/mol. The van der Waals surface area contributed by atoms with Crippen molar-refractivity contribution >= 4 is 17.4 Å². The molecule has 1 aromatic heterocycles. The van der Waals surface area contributed by atoms with Gasteiger partial charge in [-0.25, -0.2) is 14.4 Å². The number of benzene rings is 1. The zero-order valence-corrected chi connectivity index (χ0v) is 8.78. The van der Waals surface area contributed by atoms with Crippen molar-refractivity contribution in [2.75, 3.05) is 5.73 Å². The highest BCUT2D eigenvalue weighted by atomic mass is 35.5. The molecular formula is C10H7ClFN3O. The normalized spacial score (nSPS) is 10.1. The third-order valence-electron chi connectivity index (χ3n) is 1.81. The maximum atomic E-state index is 13.5. The van der Waals surface area contributed by atoms with E-state index in [2.05, 4.69) is 9.97 Å². The molecule has 16 heavy (non-hydrogen) atoms. The average Bonchev–Trinajstić information content (AvgIpc) is 2.28. The molecule has 0 saturated heterocycles. The zero-order valence-electron chi connectivity index (χ0n) is 8.02. The van der Waals surface area contributed by atoms with Crippen LogP contribution < -0.4 is 10.5 Å². The minimum absolute atomic E-state index is 0.0278. The number of rotatable bonds is 2. The van der Waals surface area contributed by atoms with Crippen LogP contribution in [-0.4, -0.2) is 9.97 Å². The summed E-state index contributed by atoms with van der Waals surface area (Å²) in [5, 5.41) is -0.0278. The Morgan fingerprint density at radius 1 is 1.25 bits per heavy atom. The third kappa shape index (κ3) is 2.04. The summed E-state index contributed by atoms with van der Waals surface area (Å²) < 4.78 is 18.6. The molecule has 2 aromatic rings. The van der Waals surface area contributed by atoms with E-state index in [4.69, 9.17) is 22.1 Å². The minimum atomic E-state index is -0.658. The lowest BCUT2D eigenvalue weighted by Gasteiger charge is -2.07. The highest BCUT2D eigenvalue weighted by Crippen LogP contribution is 2.29. The second-order valence-corrected chi connectivity index (χ2v) is 3.31. The maximum absolute atomic E-state index is 13.5. The van der Waals surface area contributed by atoms with Gasteiger partial charge in [0.1, 0.15) is 0 Å². The number of aromatic nitrogens is 2. The van der Waals surface area contributed by atoms with E-state index in [1.807, 2.05) is 0 Å². The Kier molecular flexibility index (Phi) is 2.87. The van der Waals surface area contributed by atoms with Gasteiger partial charge in [0.25, 0.3) is 5.88 Å². The topological polar surface area (TPSA) is 61.0 Å². The van der Waals surface area contributed by atoms with Crippen molar-refractivity contribution in [1.82, 2.24) is 9.97 Å². The Bertz CT molecular complexity index is 521. The van der Waals surface area contributed by atoms with Gasteiger partial charge in [-0.05, 0) is 12.1 Å². The van der Waals surface area contributed by atoms with E-state index in [0.717, 1.165) is 0 Å². The second-order valence-electron chi connectivity index (χ2n) is 2.90. The molecule has 0 aliphatic carbocycles. The van der Waals surface area contributed by atoms with Crippen LogP contribution in [0.1, 0.15) is 0 Å². The van der Waals surface area contributed by atoms with E-state index in [1.165, 1.54) is 24.5 Å². The standard InChI is InChI=1S/C10H7ClFN3O/c11-6-2-1-3-7(8(6)12)16-10-9(13)14-4-5-15-10/h1-5H,(H2,13,14). The lowest BCUT2D eigenvalue weighted by atomic mass is 10.3. The molecule has 0 aliphatic heterocycles. The number of hydrogen-bond donors (Lipinski definition) is 1. The van der Waals surface area contributed by atoms with Gasteiger partial charge in [-0.2, -0.15) is 0 Å². The molecule has 2 rings (SSSR count). The largest absolute Gasteiger partial charge is 0.433 e. The summed E-state index contributed by atoms with van der Waals surface area (Å²) in [6.45, 7) is 0. The van der Waals surface area contributed by atoms with Crippen LogP contribution in [0.25, 0.3) is 0 Å². The molecule has 0 unspecified atom stereocenters. The predicted molar refractivity (Wildman–Crippen MR) is 57.9 cm³/mol. The van der Waals surface area contributed by atoms with Crippen molar-refractivity contribution in [1.29, 1.82) is 0 Å². The summed E-state index contributed by atoms with van der Waals surface area (Å²) in [4.78, 5) is 7.59. The number of anilines is 1. The van der Waals surface area contributed by atoms with Crippen LogP contribution >= 0.6 is 11.6 Å². The number of nitrogens with two attached hydrogens (primary N) is 1. The molecule has 0 atom stereocenters. The predicted octanol–water partition coefficient (Wildman–Crippen LogP) is 2.64. The van der Waals surface area contributed by atoms with Gasteiger partial charge in [-0.3, -0.25) is 0 Å². The molecule has 0 fully saturated rings. The van der Waals surface area contributed by atoms with Crippen LogP contribution in [0.4, 0.5) is 10.2 Å². The highest BCUT2D eigenvalue weighted by Gasteiger charge is 2.10. The molecule has 82 valence electrons. The Labute approximate surface area is 95.9 Å². The van der Waals surface area contributed by atoms with E-state index in [1.54, 1.807) is 6.07 Å². The first kappa shape index (κ1) is 10.6. The lowest BCUT2D eigenvalue weighted by molar-refractivity contribution is 0.428. The summed E-state index contributed by atoms with van der Waals surface area (Å²) in [7, 11) is 0. The summed E-state index contributed by atoms with van der Waals surface area (Å²) in [6.07, 6.45) is 2.81. The maximum Gasteiger partial charge on any atom is 0.262 e. The molecule has 4 nitrogen and oxygen atoms in total. The number of nitrogens with zero attached hydrogens (tertiary/aromatic N) is 2. The SMILES string of the molecule is Nc1nccnc1Oc1cccc(Cl)c1F. The van der Waals surface area contributed by atoms with Gasteiger partial charge in [-0.1, -0.05) is 17.7 Å². The Morgan fingerprint density at radius 2 is 2.00 bits per heavy atom. The molecule has 0 amide bonds. The molecule has 0 aliphatic rings. The molecule has 0 radical (unpaired) electrons. The van der Waals surface area contributed by atoms with Crippen LogP contribution in [-0.2, 0) is 0 Å². The van der Waals surface area contributed by atoms with Crippen LogP contribution in [0.5, 0.6) is 11.6 Å². The molecule has 0 spiro atoms. The fraction of sp³-hybridized carbons (Fsp3) is 0. The van der Waals surface area contributed by atoms with Crippen LogP contribution in [0.2, 0.25) is 5.02 Å². The fourth-order valence-corrected chi connectivity index (χ4v) is 1.25. The molecule has 2 N–H and O–H groups in total. The summed E-state index contributed by atoms with van der Waals surface area (Å²) >= 11 is 5.60. The third-order valence-corrected chi connectivity index (χ3v) is 2.11. The molecule has 6 heteroatoms. The molecule has 0 saturated carbocycles. The highest BCUT2D eigenvalue weighted by molar-refractivity contribution is 6.30. The quantitative estimate of drug-likeness (QED) is 0.875. The number of halogens is 2. The number of nitrogen functional groups attached to an aromatic ring is 1. The fourth-order valence-electron chi connectivity index (χ4n) is 1.08. The van der Waals surface area contributed by atoms with E-state index in [-0.39, 0.29) is 22.5 Å². The van der Waals surface area contributed by atoms with Crippen molar-refractivity contribution in [3.63, 3.8) is 0 Å². The van der Waals surface area contributed by atoms with Crippen LogP contribution in [0.3, 0.4) is 0 Å². The molecular weight excluding hydrogens is 233 g/mol. The Balaban J connectivity index is 2.35. The van der Waals surface area contributed by atoms with Crippen molar-refractivity contribution in [2.24, 2.45) is 0 Å². The van der Waals surface area contributed by atoms with E-state index in [0.29, 0.717) is 0 Å². The van der Waals surface area contributed by atoms with E-state index >= 15 is 0 Å². The second kappa shape index (κ2) is 4.32. The van der Waals surface area contributed by atoms with Crippen molar-refractivity contribution in [3.05, 3.63) is 41.4 Å². The van der Waals surface area contributed by atoms with Gasteiger partial charge in [0.05, 0.1) is 5.02 Å². The van der Waals surface area contributed by atoms with Gasteiger partial charge in [0.15, 0.2) is 17.4 Å². The molecule has 1 aromatic carbocycles. The monoisotopic (exact) mass is 239 g/mol. The van der Waals surface area contributed by atoms with E-state index in [9.17, 15) is 4.39 Å². The zero-order chi connectivity index (χ0) is 11.5. The van der Waals surface area contributed by atoms with Crippen LogP contribution in [0.15, 0.2) is 30.6 Å². The number of ether oxygens (including phenoxy) is 1.